The summed E-state index contributed by atoms with van der Waals surface area (Å²) in [6.45, 7) is 11.1. The molecule has 1 aromatic rings. The van der Waals surface area contributed by atoms with Crippen molar-refractivity contribution >= 4 is 11.7 Å². The molecule has 1 amide bonds. The van der Waals surface area contributed by atoms with Gasteiger partial charge in [0.05, 0.1) is 5.60 Å². The average molecular weight is 308 g/mol. The molecule has 5 nitrogen and oxygen atoms in total. The van der Waals surface area contributed by atoms with Gasteiger partial charge in [0.1, 0.15) is 5.69 Å². The number of amides is 1. The van der Waals surface area contributed by atoms with Gasteiger partial charge in [0.25, 0.3) is 5.91 Å². The van der Waals surface area contributed by atoms with Crippen molar-refractivity contribution in [3.05, 3.63) is 22.5 Å². The molecular formula is C17H28N2O3. The quantitative estimate of drug-likeness (QED) is 0.677. The number of Topliss-reactive ketones (excluding diaryl/α,β-unsaturated/α-hetero) is 1. The first kappa shape index (κ1) is 18.4. The van der Waals surface area contributed by atoms with Crippen molar-refractivity contribution in [2.45, 2.75) is 60.0 Å². The van der Waals surface area contributed by atoms with Crippen LogP contribution in [-0.2, 0) is 6.42 Å². The van der Waals surface area contributed by atoms with E-state index >= 15 is 0 Å². The molecule has 0 aliphatic rings. The maximum atomic E-state index is 12.4. The Balaban J connectivity index is 2.96. The molecule has 1 heterocycles. The van der Waals surface area contributed by atoms with Gasteiger partial charge in [0, 0.05) is 17.8 Å². The highest BCUT2D eigenvalue weighted by Crippen LogP contribution is 2.22. The second kappa shape index (κ2) is 7.09. The molecule has 5 heteroatoms. The summed E-state index contributed by atoms with van der Waals surface area (Å²) in [6.07, 6.45) is 1.43. The smallest absolute Gasteiger partial charge is 0.268 e. The number of carbonyl (C=O) groups is 2. The Kier molecular flexibility index (Phi) is 5.94. The first-order valence-electron chi connectivity index (χ1n) is 7.88. The molecule has 0 aliphatic heterocycles. The summed E-state index contributed by atoms with van der Waals surface area (Å²) in [5.74, 6) is -0.246. The number of H-pyrrole nitrogens is 1. The first-order valence-corrected chi connectivity index (χ1v) is 7.88. The summed E-state index contributed by atoms with van der Waals surface area (Å²) in [4.78, 5) is 27.2. The third-order valence-electron chi connectivity index (χ3n) is 4.50. The van der Waals surface area contributed by atoms with Crippen LogP contribution in [0.3, 0.4) is 0 Å². The summed E-state index contributed by atoms with van der Waals surface area (Å²) in [5, 5.41) is 13.2. The van der Waals surface area contributed by atoms with Gasteiger partial charge in [-0.05, 0) is 38.7 Å². The molecular weight excluding hydrogens is 280 g/mol. The molecule has 124 valence electrons. The fourth-order valence-electron chi connectivity index (χ4n) is 2.66. The molecule has 0 aromatic carbocycles. The van der Waals surface area contributed by atoms with Crippen LogP contribution in [0.25, 0.3) is 0 Å². The van der Waals surface area contributed by atoms with Gasteiger partial charge < -0.3 is 15.4 Å². The molecule has 0 bridgehead atoms. The van der Waals surface area contributed by atoms with Gasteiger partial charge in [-0.3, -0.25) is 9.59 Å². The number of aromatic nitrogens is 1. The Labute approximate surface area is 132 Å². The molecule has 2 unspecified atom stereocenters. The number of ketones is 1. The molecule has 0 saturated carbocycles. The monoisotopic (exact) mass is 308 g/mol. The number of aryl methyl sites for hydroxylation is 1. The van der Waals surface area contributed by atoms with Crippen LogP contribution in [0.2, 0.25) is 0 Å². The van der Waals surface area contributed by atoms with Crippen LogP contribution < -0.4 is 5.32 Å². The normalized spacial score (nSPS) is 15.2. The van der Waals surface area contributed by atoms with E-state index < -0.39 is 5.60 Å². The summed E-state index contributed by atoms with van der Waals surface area (Å²) in [6, 6.07) is 0. The minimum Gasteiger partial charge on any atom is -0.388 e. The van der Waals surface area contributed by atoms with Gasteiger partial charge in [-0.15, -0.1) is 0 Å². The number of nitrogens with one attached hydrogen (secondary N) is 2. The molecule has 2 atom stereocenters. The second-order valence-corrected chi connectivity index (χ2v) is 6.24. The van der Waals surface area contributed by atoms with Gasteiger partial charge in [0.15, 0.2) is 5.78 Å². The topological polar surface area (TPSA) is 82.2 Å². The Bertz CT molecular complexity index is 558. The zero-order valence-electron chi connectivity index (χ0n) is 14.5. The molecule has 3 N–H and O–H groups in total. The standard InChI is InChI=1S/C17H28N2O3/c1-7-10(3)17(6,22)9-18-16(21)15-13(8-2)14(12(5)20)11(4)19-15/h10,19,22H,7-9H2,1-6H3,(H,18,21). The van der Waals surface area contributed by atoms with Crippen LogP contribution in [-0.4, -0.2) is 33.9 Å². The lowest BCUT2D eigenvalue weighted by atomic mass is 9.88. The van der Waals surface area contributed by atoms with E-state index in [9.17, 15) is 14.7 Å². The average Bonchev–Trinajstić information content (AvgIpc) is 2.80. The number of hydrogen-bond donors (Lipinski definition) is 3. The van der Waals surface area contributed by atoms with Crippen molar-refractivity contribution in [3.8, 4) is 0 Å². The molecule has 0 fully saturated rings. The number of hydrogen-bond acceptors (Lipinski definition) is 3. The van der Waals surface area contributed by atoms with Gasteiger partial charge in [0.2, 0.25) is 0 Å². The van der Waals surface area contributed by atoms with Crippen molar-refractivity contribution in [2.75, 3.05) is 6.54 Å². The molecule has 1 rings (SSSR count). The van der Waals surface area contributed by atoms with E-state index in [2.05, 4.69) is 10.3 Å². The summed E-state index contributed by atoms with van der Waals surface area (Å²) in [7, 11) is 0. The number of aliphatic hydroxyl groups is 1. The maximum Gasteiger partial charge on any atom is 0.268 e. The Morgan fingerprint density at radius 1 is 1.36 bits per heavy atom. The largest absolute Gasteiger partial charge is 0.388 e. The fourth-order valence-corrected chi connectivity index (χ4v) is 2.66. The molecule has 0 spiro atoms. The number of rotatable bonds is 7. The minimum absolute atomic E-state index is 0.0451. The minimum atomic E-state index is -0.957. The number of aromatic amines is 1. The van der Waals surface area contributed by atoms with E-state index in [4.69, 9.17) is 0 Å². The van der Waals surface area contributed by atoms with Crippen LogP contribution in [0.5, 0.6) is 0 Å². The predicted molar refractivity (Wildman–Crippen MR) is 87.3 cm³/mol. The zero-order valence-corrected chi connectivity index (χ0v) is 14.5. The maximum absolute atomic E-state index is 12.4. The van der Waals surface area contributed by atoms with E-state index in [1.54, 1.807) is 13.8 Å². The van der Waals surface area contributed by atoms with Crippen molar-refractivity contribution < 1.29 is 14.7 Å². The summed E-state index contributed by atoms with van der Waals surface area (Å²) in [5.41, 5.74) is 1.52. The lowest BCUT2D eigenvalue weighted by Crippen LogP contribution is -2.45. The summed E-state index contributed by atoms with van der Waals surface area (Å²) >= 11 is 0. The Morgan fingerprint density at radius 3 is 2.41 bits per heavy atom. The van der Waals surface area contributed by atoms with Gasteiger partial charge in [-0.1, -0.05) is 27.2 Å². The van der Waals surface area contributed by atoms with E-state index in [0.717, 1.165) is 12.0 Å². The van der Waals surface area contributed by atoms with Gasteiger partial charge in [-0.2, -0.15) is 0 Å². The highest BCUT2D eigenvalue weighted by Gasteiger charge is 2.29. The highest BCUT2D eigenvalue weighted by molar-refractivity contribution is 6.02. The van der Waals surface area contributed by atoms with Gasteiger partial charge in [-0.25, -0.2) is 0 Å². The fraction of sp³-hybridized carbons (Fsp3) is 0.647. The van der Waals surface area contributed by atoms with Crippen LogP contribution in [0.4, 0.5) is 0 Å². The number of carbonyl (C=O) groups excluding carboxylic acids is 2. The third kappa shape index (κ3) is 3.77. The predicted octanol–water partition coefficient (Wildman–Crippen LogP) is 2.62. The van der Waals surface area contributed by atoms with E-state index in [0.29, 0.717) is 23.4 Å². The Morgan fingerprint density at radius 2 is 1.95 bits per heavy atom. The molecule has 0 radical (unpaired) electrons. The second-order valence-electron chi connectivity index (χ2n) is 6.24. The van der Waals surface area contributed by atoms with E-state index in [-0.39, 0.29) is 24.2 Å². The Hall–Kier alpha value is -1.62. The zero-order chi connectivity index (χ0) is 17.1. The summed E-state index contributed by atoms with van der Waals surface area (Å²) < 4.78 is 0. The van der Waals surface area contributed by atoms with Crippen LogP contribution >= 0.6 is 0 Å². The van der Waals surface area contributed by atoms with Gasteiger partial charge >= 0.3 is 0 Å². The molecule has 0 aliphatic carbocycles. The SMILES string of the molecule is CCc1c(C(=O)NCC(C)(O)C(C)CC)[nH]c(C)c1C(C)=O. The third-order valence-corrected chi connectivity index (χ3v) is 4.50. The molecule has 22 heavy (non-hydrogen) atoms. The van der Waals surface area contributed by atoms with Crippen molar-refractivity contribution in [1.82, 2.24) is 10.3 Å². The first-order chi connectivity index (χ1) is 10.2. The highest BCUT2D eigenvalue weighted by atomic mass is 16.3. The molecule has 0 saturated heterocycles. The van der Waals surface area contributed by atoms with Crippen LogP contribution in [0.15, 0.2) is 0 Å². The van der Waals surface area contributed by atoms with Crippen molar-refractivity contribution in [3.63, 3.8) is 0 Å². The van der Waals surface area contributed by atoms with Crippen molar-refractivity contribution in [2.24, 2.45) is 5.92 Å². The van der Waals surface area contributed by atoms with Crippen LogP contribution in [0, 0.1) is 12.8 Å². The van der Waals surface area contributed by atoms with E-state index in [1.165, 1.54) is 6.92 Å². The lowest BCUT2D eigenvalue weighted by molar-refractivity contribution is 0.00587. The lowest BCUT2D eigenvalue weighted by Gasteiger charge is -2.29. The molecule has 1 aromatic heterocycles. The van der Waals surface area contributed by atoms with E-state index in [1.807, 2.05) is 20.8 Å². The van der Waals surface area contributed by atoms with Crippen molar-refractivity contribution in [1.29, 1.82) is 0 Å². The van der Waals surface area contributed by atoms with Crippen LogP contribution in [0.1, 0.15) is 73.1 Å².